The molecular formula is C24H30BrN7O4. The van der Waals surface area contributed by atoms with Gasteiger partial charge in [-0.25, -0.2) is 0 Å². The standard InChI is InChI=1S/C24H30BrN7O4/c1-26-19-10-16(13-27-14-19)23(33)31-5-3-4-18(15-31)28-22-20(11-17(25)12-21(22)32(35)36)24(34)30-8-6-29(2)7-9-30/h10-14,18,26,28H,3-9,15H2,1-2H3/t18-/m1/s1. The summed E-state index contributed by atoms with van der Waals surface area (Å²) < 4.78 is 0.467. The number of rotatable bonds is 6. The fourth-order valence-corrected chi connectivity index (χ4v) is 5.04. The van der Waals surface area contributed by atoms with Crippen LogP contribution in [0.2, 0.25) is 0 Å². The Kier molecular flexibility index (Phi) is 8.04. The van der Waals surface area contributed by atoms with E-state index in [1.807, 2.05) is 7.05 Å². The second kappa shape index (κ2) is 11.2. The lowest BCUT2D eigenvalue weighted by atomic mass is 10.0. The number of nitrogens with one attached hydrogen (secondary N) is 2. The van der Waals surface area contributed by atoms with Crippen molar-refractivity contribution in [1.29, 1.82) is 0 Å². The molecule has 0 saturated carbocycles. The molecule has 11 nitrogen and oxygen atoms in total. The molecule has 2 N–H and O–H groups in total. The predicted molar refractivity (Wildman–Crippen MR) is 141 cm³/mol. The number of pyridine rings is 1. The minimum atomic E-state index is -0.478. The van der Waals surface area contributed by atoms with E-state index in [-0.39, 0.29) is 34.8 Å². The van der Waals surface area contributed by atoms with E-state index in [0.29, 0.717) is 42.6 Å². The fourth-order valence-electron chi connectivity index (χ4n) is 4.60. The lowest BCUT2D eigenvalue weighted by Gasteiger charge is -2.35. The third-order valence-electron chi connectivity index (χ3n) is 6.63. The van der Waals surface area contributed by atoms with E-state index >= 15 is 0 Å². The van der Waals surface area contributed by atoms with Gasteiger partial charge in [0.2, 0.25) is 0 Å². The molecule has 4 rings (SSSR count). The van der Waals surface area contributed by atoms with E-state index in [0.717, 1.165) is 25.2 Å². The third kappa shape index (κ3) is 5.76. The summed E-state index contributed by atoms with van der Waals surface area (Å²) in [5, 5.41) is 18.2. The van der Waals surface area contributed by atoms with Crippen LogP contribution >= 0.6 is 15.9 Å². The molecule has 2 aliphatic heterocycles. The molecule has 1 aromatic carbocycles. The number of hydrogen-bond donors (Lipinski definition) is 2. The maximum Gasteiger partial charge on any atom is 0.294 e. The number of likely N-dealkylation sites (tertiary alicyclic amines) is 1. The Balaban J connectivity index is 1.58. The molecule has 0 unspecified atom stereocenters. The highest BCUT2D eigenvalue weighted by Crippen LogP contribution is 2.35. The summed E-state index contributed by atoms with van der Waals surface area (Å²) in [6, 6.07) is 4.54. The number of carbonyl (C=O) groups excluding carboxylic acids is 2. The van der Waals surface area contributed by atoms with Crippen molar-refractivity contribution >= 4 is 44.8 Å². The van der Waals surface area contributed by atoms with Gasteiger partial charge in [0.25, 0.3) is 17.5 Å². The summed E-state index contributed by atoms with van der Waals surface area (Å²) in [4.78, 5) is 47.8. The molecule has 2 aliphatic rings. The molecule has 0 spiro atoms. The molecule has 2 amide bonds. The molecule has 0 bridgehead atoms. The molecule has 2 aromatic rings. The Morgan fingerprint density at radius 3 is 2.53 bits per heavy atom. The Morgan fingerprint density at radius 1 is 1.08 bits per heavy atom. The van der Waals surface area contributed by atoms with E-state index in [1.54, 1.807) is 35.2 Å². The highest BCUT2D eigenvalue weighted by atomic mass is 79.9. The van der Waals surface area contributed by atoms with Gasteiger partial charge in [0, 0.05) is 75.3 Å². The van der Waals surface area contributed by atoms with Crippen LogP contribution in [0.15, 0.2) is 35.1 Å². The van der Waals surface area contributed by atoms with Crippen molar-refractivity contribution in [2.75, 3.05) is 64.0 Å². The first-order chi connectivity index (χ1) is 17.3. The zero-order valence-corrected chi connectivity index (χ0v) is 22.0. The highest BCUT2D eigenvalue weighted by Gasteiger charge is 2.31. The Labute approximate surface area is 218 Å². The normalized spacial score (nSPS) is 18.6. The average Bonchev–Trinajstić information content (AvgIpc) is 2.89. The van der Waals surface area contributed by atoms with Crippen molar-refractivity contribution in [3.63, 3.8) is 0 Å². The molecule has 0 aliphatic carbocycles. The van der Waals surface area contributed by atoms with Crippen LogP contribution in [0.5, 0.6) is 0 Å². The van der Waals surface area contributed by atoms with Crippen LogP contribution in [-0.2, 0) is 0 Å². The predicted octanol–water partition coefficient (Wildman–Crippen LogP) is 2.90. The second-order valence-electron chi connectivity index (χ2n) is 9.15. The number of piperazine rings is 1. The van der Waals surface area contributed by atoms with Crippen molar-refractivity contribution in [3.8, 4) is 0 Å². The van der Waals surface area contributed by atoms with Gasteiger partial charge in [-0.3, -0.25) is 24.7 Å². The van der Waals surface area contributed by atoms with Crippen LogP contribution in [0.25, 0.3) is 0 Å². The van der Waals surface area contributed by atoms with Gasteiger partial charge < -0.3 is 25.3 Å². The van der Waals surface area contributed by atoms with E-state index in [9.17, 15) is 19.7 Å². The van der Waals surface area contributed by atoms with Gasteiger partial charge in [-0.05, 0) is 32.0 Å². The van der Waals surface area contributed by atoms with E-state index in [2.05, 4.69) is 36.4 Å². The first kappa shape index (κ1) is 25.8. The Bertz CT molecular complexity index is 1150. The number of nitro groups is 1. The largest absolute Gasteiger partial charge is 0.387 e. The lowest BCUT2D eigenvalue weighted by Crippen LogP contribution is -2.47. The van der Waals surface area contributed by atoms with Crippen LogP contribution in [0.1, 0.15) is 33.6 Å². The van der Waals surface area contributed by atoms with Crippen LogP contribution in [0.3, 0.4) is 0 Å². The minimum Gasteiger partial charge on any atom is -0.387 e. The summed E-state index contributed by atoms with van der Waals surface area (Å²) in [5.41, 5.74) is 1.50. The first-order valence-electron chi connectivity index (χ1n) is 11.9. The van der Waals surface area contributed by atoms with Gasteiger partial charge in [-0.1, -0.05) is 15.9 Å². The van der Waals surface area contributed by atoms with Crippen LogP contribution in [0, 0.1) is 10.1 Å². The molecule has 2 saturated heterocycles. The average molecular weight is 560 g/mol. The Hall–Kier alpha value is -3.25. The maximum atomic E-state index is 13.5. The van der Waals surface area contributed by atoms with Crippen molar-refractivity contribution in [1.82, 2.24) is 19.7 Å². The summed E-state index contributed by atoms with van der Waals surface area (Å²) in [6.45, 7) is 3.54. The van der Waals surface area contributed by atoms with Gasteiger partial charge in [-0.15, -0.1) is 0 Å². The van der Waals surface area contributed by atoms with Crippen molar-refractivity contribution in [2.45, 2.75) is 18.9 Å². The Morgan fingerprint density at radius 2 is 1.83 bits per heavy atom. The second-order valence-corrected chi connectivity index (χ2v) is 10.1. The van der Waals surface area contributed by atoms with Crippen LogP contribution in [-0.4, -0.2) is 95.8 Å². The summed E-state index contributed by atoms with van der Waals surface area (Å²) >= 11 is 3.33. The summed E-state index contributed by atoms with van der Waals surface area (Å²) in [7, 11) is 3.76. The molecule has 0 radical (unpaired) electrons. The number of hydrogen-bond acceptors (Lipinski definition) is 8. The van der Waals surface area contributed by atoms with Crippen LogP contribution < -0.4 is 10.6 Å². The van der Waals surface area contributed by atoms with Crippen LogP contribution in [0.4, 0.5) is 17.1 Å². The molecule has 36 heavy (non-hydrogen) atoms. The topological polar surface area (TPSA) is 124 Å². The molecule has 2 fully saturated rings. The van der Waals surface area contributed by atoms with Gasteiger partial charge >= 0.3 is 0 Å². The number of likely N-dealkylation sites (N-methyl/N-ethyl adjacent to an activating group) is 1. The van der Waals surface area contributed by atoms with Crippen molar-refractivity contribution < 1.29 is 14.5 Å². The summed E-state index contributed by atoms with van der Waals surface area (Å²) in [5.74, 6) is -0.390. The smallest absolute Gasteiger partial charge is 0.294 e. The van der Waals surface area contributed by atoms with Gasteiger partial charge in [0.1, 0.15) is 5.69 Å². The fraction of sp³-hybridized carbons (Fsp3) is 0.458. The number of nitrogens with zero attached hydrogens (tertiary/aromatic N) is 5. The number of amides is 2. The number of nitro benzene ring substituents is 1. The maximum absolute atomic E-state index is 13.5. The first-order valence-corrected chi connectivity index (χ1v) is 12.7. The molecule has 1 atom stereocenters. The monoisotopic (exact) mass is 559 g/mol. The van der Waals surface area contributed by atoms with Crippen molar-refractivity contribution in [3.05, 3.63) is 56.3 Å². The van der Waals surface area contributed by atoms with Gasteiger partial charge in [0.05, 0.1) is 21.7 Å². The zero-order valence-electron chi connectivity index (χ0n) is 20.4. The number of aromatic nitrogens is 1. The molecule has 12 heteroatoms. The van der Waals surface area contributed by atoms with E-state index < -0.39 is 4.92 Å². The molecule has 3 heterocycles. The number of halogens is 1. The van der Waals surface area contributed by atoms with E-state index in [4.69, 9.17) is 0 Å². The lowest BCUT2D eigenvalue weighted by molar-refractivity contribution is -0.384. The van der Waals surface area contributed by atoms with Gasteiger partial charge in [-0.2, -0.15) is 0 Å². The number of carbonyl (C=O) groups is 2. The minimum absolute atomic E-state index is 0.148. The van der Waals surface area contributed by atoms with Crippen molar-refractivity contribution in [2.24, 2.45) is 0 Å². The molecular weight excluding hydrogens is 530 g/mol. The number of piperidine rings is 1. The SMILES string of the molecule is CNc1cncc(C(=O)N2CCC[C@@H](Nc3c(C(=O)N4CCN(C)CC4)cc(Br)cc3[N+](=O)[O-])C2)c1. The highest BCUT2D eigenvalue weighted by molar-refractivity contribution is 9.10. The third-order valence-corrected chi connectivity index (χ3v) is 7.09. The quantitative estimate of drug-likeness (QED) is 0.409. The molecule has 1 aromatic heterocycles. The summed E-state index contributed by atoms with van der Waals surface area (Å²) in [6.07, 6.45) is 4.62. The van der Waals surface area contributed by atoms with E-state index in [1.165, 1.54) is 12.3 Å². The number of benzene rings is 1. The molecule has 192 valence electrons. The number of anilines is 2. The van der Waals surface area contributed by atoms with Gasteiger partial charge in [0.15, 0.2) is 0 Å². The zero-order chi connectivity index (χ0) is 25.8.